The number of benzene rings is 4. The maximum atomic E-state index is 13.0. The van der Waals surface area contributed by atoms with Gasteiger partial charge in [-0.15, -0.1) is 12.1 Å². The molecule has 1 heterocycles. The van der Waals surface area contributed by atoms with E-state index in [1.807, 2.05) is 0 Å². The van der Waals surface area contributed by atoms with Crippen molar-refractivity contribution < 1.29 is 14.8 Å². The second-order valence-corrected chi connectivity index (χ2v) is 28.3. The molecule has 2 N–H and O–H groups in total. The highest BCUT2D eigenvalue weighted by atomic mass is 16.3. The van der Waals surface area contributed by atoms with Gasteiger partial charge in [-0.3, -0.25) is 0 Å². The molecule has 0 amide bonds. The third-order valence-electron chi connectivity index (χ3n) is 19.0. The second-order valence-electron chi connectivity index (χ2n) is 28.3. The molecule has 0 spiro atoms. The fourth-order valence-electron chi connectivity index (χ4n) is 17.9. The zero-order chi connectivity index (χ0) is 48.6. The van der Waals surface area contributed by atoms with Crippen LogP contribution in [0.3, 0.4) is 0 Å². The van der Waals surface area contributed by atoms with Crippen LogP contribution in [0.4, 0.5) is 0 Å². The van der Waals surface area contributed by atoms with Gasteiger partial charge in [-0.2, -0.15) is 0 Å². The zero-order valence-electron chi connectivity index (χ0n) is 44.1. The van der Waals surface area contributed by atoms with Crippen molar-refractivity contribution in [2.24, 2.45) is 46.3 Å². The van der Waals surface area contributed by atoms with E-state index in [-0.39, 0.29) is 32.5 Å². The van der Waals surface area contributed by atoms with E-state index in [4.69, 9.17) is 6.72 Å². The molecule has 4 aromatic carbocycles. The number of phenolic OH excluding ortho intramolecular Hbond substituents is 2. The number of hydrogen-bond acceptors (Lipinski definition) is 2. The molecular weight excluding hydrogens is 839 g/mol. The van der Waals surface area contributed by atoms with Crippen molar-refractivity contribution >= 4 is 12.4 Å². The Labute approximate surface area is 416 Å². The van der Waals surface area contributed by atoms with Gasteiger partial charge in [0.05, 0.1) is 6.72 Å². The summed E-state index contributed by atoms with van der Waals surface area (Å²) in [6.45, 7) is 28.7. The lowest BCUT2D eigenvalue weighted by molar-refractivity contribution is -0.391. The van der Waals surface area contributed by atoms with Crippen molar-refractivity contribution in [2.45, 2.75) is 181 Å². The lowest BCUT2D eigenvalue weighted by Gasteiger charge is -2.57. The number of phenols is 2. The van der Waals surface area contributed by atoms with E-state index in [0.717, 1.165) is 93.5 Å². The van der Waals surface area contributed by atoms with Crippen LogP contribution in [0.5, 0.6) is 11.5 Å². The van der Waals surface area contributed by atoms with Gasteiger partial charge < -0.3 is 10.2 Å². The largest absolute Gasteiger partial charge is 0.508 e. The molecule has 0 radical (unpaired) electrons. The summed E-state index contributed by atoms with van der Waals surface area (Å²) in [4.78, 5) is 0. The number of allylic oxidation sites excluding steroid dienone is 2. The van der Waals surface area contributed by atoms with Crippen molar-refractivity contribution in [3.8, 4) is 33.8 Å². The van der Waals surface area contributed by atoms with Gasteiger partial charge in [-0.1, -0.05) is 135 Å². The number of nitrogens with zero attached hydrogens (tertiary/aromatic N) is 1. The Morgan fingerprint density at radius 2 is 0.899 bits per heavy atom. The third-order valence-corrected chi connectivity index (χ3v) is 19.0. The summed E-state index contributed by atoms with van der Waals surface area (Å²) >= 11 is 0. The molecule has 0 atom stereocenters. The average Bonchev–Trinajstić information content (AvgIpc) is 3.24. The van der Waals surface area contributed by atoms with Crippen LogP contribution in [0.15, 0.2) is 91.0 Å². The van der Waals surface area contributed by atoms with Crippen molar-refractivity contribution in [3.63, 3.8) is 0 Å². The van der Waals surface area contributed by atoms with E-state index in [1.165, 1.54) is 99.3 Å². The fraction of sp³-hybridized carbons (Fsp3) is 0.545. The lowest BCUT2D eigenvalue weighted by atomic mass is 9.47. The monoisotopic (exact) mass is 922 g/mol. The summed E-state index contributed by atoms with van der Waals surface area (Å²) in [5.41, 5.74) is 12.3. The predicted molar refractivity (Wildman–Crippen MR) is 288 cm³/mol. The first-order chi connectivity index (χ1) is 32.5. The Balaban J connectivity index is 1.01. The van der Waals surface area contributed by atoms with Crippen LogP contribution in [-0.4, -0.2) is 21.5 Å². The van der Waals surface area contributed by atoms with E-state index in [0.29, 0.717) is 11.5 Å². The van der Waals surface area contributed by atoms with Crippen LogP contribution < -0.4 is 0 Å². The summed E-state index contributed by atoms with van der Waals surface area (Å²) in [7, 11) is 0. The molecule has 9 aliphatic rings. The van der Waals surface area contributed by atoms with Gasteiger partial charge in [0.25, 0.3) is 0 Å². The van der Waals surface area contributed by atoms with Gasteiger partial charge in [-0.05, 0) is 204 Å². The SMILES string of the molecule is C=[N+]1C(c2ccccc2-c2cc(C(C)(C)CC(C)(C)C)cc(C34CC5CC(CC(C5)C3)C4)c2O)=CC=C[C-]1c1ccccc1-c1cc(C(C)(C)CC(C)(C)C)cc(C23CC4CC(CC(C4)C2)C3)c1O. The van der Waals surface area contributed by atoms with Crippen LogP contribution in [0.1, 0.15) is 193 Å². The highest BCUT2D eigenvalue weighted by Gasteiger charge is 2.54. The minimum atomic E-state index is -0.0943. The number of rotatable bonds is 10. The molecule has 8 saturated carbocycles. The molecule has 8 fully saturated rings. The quantitative estimate of drug-likeness (QED) is 0.123. The van der Waals surface area contributed by atoms with Crippen molar-refractivity contribution in [1.29, 1.82) is 0 Å². The minimum Gasteiger partial charge on any atom is -0.508 e. The van der Waals surface area contributed by atoms with Crippen LogP contribution in [0.25, 0.3) is 28.0 Å². The third kappa shape index (κ3) is 8.36. The fourth-order valence-corrected chi connectivity index (χ4v) is 17.9. The molecule has 364 valence electrons. The molecule has 0 saturated heterocycles. The minimum absolute atomic E-state index is 0.0343. The first-order valence-corrected chi connectivity index (χ1v) is 27.3. The normalized spacial score (nSPS) is 29.6. The van der Waals surface area contributed by atoms with Crippen LogP contribution in [0.2, 0.25) is 0 Å². The molecule has 0 unspecified atom stereocenters. The molecule has 13 rings (SSSR count). The topological polar surface area (TPSA) is 43.5 Å². The lowest BCUT2D eigenvalue weighted by Crippen LogP contribution is -2.48. The second kappa shape index (κ2) is 16.3. The molecule has 8 bridgehead atoms. The highest BCUT2D eigenvalue weighted by molar-refractivity contribution is 5.85. The number of hydrogen-bond donors (Lipinski definition) is 2. The molecule has 1 aliphatic heterocycles. The molecule has 4 aromatic rings. The maximum Gasteiger partial charge on any atom is 0.160 e. The summed E-state index contributed by atoms with van der Waals surface area (Å²) < 4.78 is 2.12. The van der Waals surface area contributed by atoms with Crippen LogP contribution in [0, 0.1) is 52.4 Å². The predicted octanol–water partition coefficient (Wildman–Crippen LogP) is 17.0. The van der Waals surface area contributed by atoms with Gasteiger partial charge in [0.1, 0.15) is 17.5 Å². The van der Waals surface area contributed by atoms with E-state index in [2.05, 4.69) is 165 Å². The van der Waals surface area contributed by atoms with Crippen LogP contribution >= 0.6 is 0 Å². The molecule has 8 aliphatic carbocycles. The Morgan fingerprint density at radius 3 is 1.32 bits per heavy atom. The van der Waals surface area contributed by atoms with E-state index < -0.39 is 0 Å². The summed E-state index contributed by atoms with van der Waals surface area (Å²) in [6, 6.07) is 28.1. The highest BCUT2D eigenvalue weighted by Crippen LogP contribution is 2.65. The standard InChI is InChI=1S/C66H83NO2/c1-61(2,3)39-63(7,8)47-29-53(59(68)55(31-47)65-33-41-23-42(34-65)25-43(24-41)35-65)49-17-12-14-19-51(49)57-21-16-22-58(67(57)11)52-20-15-13-18-50(52)54-30-48(64(9,10)40-62(4,5)6)32-56(60(54)69)66-36-44-26-45(37-66)28-46(27-44)38-66/h12-22,29-32,41-46,68-69H,11,23-28,33-40H2,1-10H3. The maximum absolute atomic E-state index is 13.0. The summed E-state index contributed by atoms with van der Waals surface area (Å²) in [5, 5.41) is 25.9. The van der Waals surface area contributed by atoms with Gasteiger partial charge >= 0.3 is 0 Å². The van der Waals surface area contributed by atoms with E-state index >= 15 is 0 Å². The Hall–Kier alpha value is -4.50. The van der Waals surface area contributed by atoms with Gasteiger partial charge in [0.15, 0.2) is 5.70 Å². The molecule has 0 aromatic heterocycles. The van der Waals surface area contributed by atoms with Gasteiger partial charge in [-0.25, -0.2) is 4.58 Å². The van der Waals surface area contributed by atoms with Crippen molar-refractivity contribution in [3.05, 3.63) is 130 Å². The number of aromatic hydroxyl groups is 2. The Bertz CT molecular complexity index is 2690. The van der Waals surface area contributed by atoms with Gasteiger partial charge in [0.2, 0.25) is 0 Å². The molecule has 3 heteroatoms. The van der Waals surface area contributed by atoms with E-state index in [1.54, 1.807) is 0 Å². The Kier molecular flexibility index (Phi) is 11.0. The van der Waals surface area contributed by atoms with Crippen molar-refractivity contribution in [1.82, 2.24) is 0 Å². The average molecular weight is 922 g/mol. The first-order valence-electron chi connectivity index (χ1n) is 27.3. The molecular formula is C66H83NO2. The summed E-state index contributed by atoms with van der Waals surface area (Å²) in [6.07, 6.45) is 24.1. The van der Waals surface area contributed by atoms with Gasteiger partial charge in [0, 0.05) is 22.3 Å². The molecule has 3 nitrogen and oxygen atoms in total. The Morgan fingerprint density at radius 1 is 0.522 bits per heavy atom. The van der Waals surface area contributed by atoms with Crippen molar-refractivity contribution in [2.75, 3.05) is 0 Å². The summed E-state index contributed by atoms with van der Waals surface area (Å²) in [5.74, 6) is 5.61. The van der Waals surface area contributed by atoms with Crippen LogP contribution in [-0.2, 0) is 21.7 Å². The molecule has 69 heavy (non-hydrogen) atoms. The smallest absolute Gasteiger partial charge is 0.160 e. The zero-order valence-corrected chi connectivity index (χ0v) is 44.1. The van der Waals surface area contributed by atoms with E-state index in [9.17, 15) is 10.2 Å². The first kappa shape index (κ1) is 46.9.